The van der Waals surface area contributed by atoms with Gasteiger partial charge < -0.3 is 0 Å². The molecule has 0 bridgehead atoms. The van der Waals surface area contributed by atoms with Crippen molar-refractivity contribution in [1.29, 1.82) is 0 Å². The number of hydrogen-bond donors (Lipinski definition) is 1. The molecule has 0 saturated heterocycles. The maximum atomic E-state index is 4.54. The van der Waals surface area contributed by atoms with Crippen LogP contribution < -0.4 is 0 Å². The Morgan fingerprint density at radius 1 is 0.875 bits per heavy atom. The van der Waals surface area contributed by atoms with E-state index >= 15 is 0 Å². The highest BCUT2D eigenvalue weighted by molar-refractivity contribution is 7.80. The van der Waals surface area contributed by atoms with Gasteiger partial charge in [0.2, 0.25) is 0 Å². The molecule has 0 amide bonds. The molecule has 0 heterocycles. The highest BCUT2D eigenvalue weighted by atomic mass is 32.1. The highest BCUT2D eigenvalue weighted by Crippen LogP contribution is 2.32. The molecule has 0 saturated carbocycles. The summed E-state index contributed by atoms with van der Waals surface area (Å²) in [5.74, 6) is 0. The molecule has 0 aliphatic carbocycles. The lowest BCUT2D eigenvalue weighted by Gasteiger charge is -2.13. The van der Waals surface area contributed by atoms with E-state index in [-0.39, 0.29) is 5.25 Å². The summed E-state index contributed by atoms with van der Waals surface area (Å²) in [5, 5.41) is 0.260. The third kappa shape index (κ3) is 2.14. The second kappa shape index (κ2) is 4.75. The Balaban J connectivity index is 2.60. The summed E-state index contributed by atoms with van der Waals surface area (Å²) in [5.41, 5.74) is 5.20. The van der Waals surface area contributed by atoms with Gasteiger partial charge in [0.05, 0.1) is 0 Å². The van der Waals surface area contributed by atoms with Crippen molar-refractivity contribution in [3.8, 4) is 11.1 Å². The number of thiol groups is 1. The predicted octanol–water partition coefficient (Wildman–Crippen LogP) is 4.65. The normalized spacial score (nSPS) is 12.4. The van der Waals surface area contributed by atoms with Gasteiger partial charge in [-0.2, -0.15) is 12.6 Å². The van der Waals surface area contributed by atoms with Crippen LogP contribution in [0, 0.1) is 6.92 Å². The van der Waals surface area contributed by atoms with Crippen LogP contribution in [0.25, 0.3) is 11.1 Å². The molecule has 0 spiro atoms. The molecule has 1 unspecified atom stereocenters. The fourth-order valence-corrected chi connectivity index (χ4v) is 2.21. The molecule has 2 rings (SSSR count). The molecule has 1 atom stereocenters. The van der Waals surface area contributed by atoms with Gasteiger partial charge in [-0.05, 0) is 36.1 Å². The summed E-state index contributed by atoms with van der Waals surface area (Å²) >= 11 is 4.54. The predicted molar refractivity (Wildman–Crippen MR) is 74.0 cm³/mol. The van der Waals surface area contributed by atoms with E-state index in [0.29, 0.717) is 0 Å². The zero-order chi connectivity index (χ0) is 11.5. The Kier molecular flexibility index (Phi) is 3.35. The van der Waals surface area contributed by atoms with Crippen molar-refractivity contribution in [3.05, 3.63) is 59.7 Å². The zero-order valence-electron chi connectivity index (χ0n) is 9.64. The van der Waals surface area contributed by atoms with Gasteiger partial charge in [0.1, 0.15) is 0 Å². The van der Waals surface area contributed by atoms with Gasteiger partial charge in [0.25, 0.3) is 0 Å². The van der Waals surface area contributed by atoms with Crippen molar-refractivity contribution in [2.24, 2.45) is 0 Å². The van der Waals surface area contributed by atoms with Crippen molar-refractivity contribution < 1.29 is 0 Å². The van der Waals surface area contributed by atoms with Gasteiger partial charge in [-0.15, -0.1) is 0 Å². The quantitative estimate of drug-likeness (QED) is 0.710. The van der Waals surface area contributed by atoms with E-state index in [1.807, 2.05) is 0 Å². The first kappa shape index (κ1) is 11.3. The van der Waals surface area contributed by atoms with Crippen LogP contribution in [0.2, 0.25) is 0 Å². The Morgan fingerprint density at radius 2 is 1.44 bits per heavy atom. The van der Waals surface area contributed by atoms with Crippen LogP contribution in [0.5, 0.6) is 0 Å². The molecule has 0 N–H and O–H groups in total. The SMILES string of the molecule is Cc1ccccc1-c1ccccc1C(C)S. The molecule has 2 aromatic carbocycles. The molecule has 16 heavy (non-hydrogen) atoms. The summed E-state index contributed by atoms with van der Waals surface area (Å²) in [4.78, 5) is 0. The van der Waals surface area contributed by atoms with Crippen LogP contribution >= 0.6 is 12.6 Å². The van der Waals surface area contributed by atoms with Gasteiger partial charge in [-0.25, -0.2) is 0 Å². The van der Waals surface area contributed by atoms with Crippen molar-refractivity contribution in [2.75, 3.05) is 0 Å². The van der Waals surface area contributed by atoms with E-state index in [1.54, 1.807) is 0 Å². The van der Waals surface area contributed by atoms with E-state index in [1.165, 1.54) is 22.3 Å². The van der Waals surface area contributed by atoms with E-state index in [4.69, 9.17) is 0 Å². The summed E-state index contributed by atoms with van der Waals surface area (Å²) in [7, 11) is 0. The molecule has 0 radical (unpaired) electrons. The number of benzene rings is 2. The maximum absolute atomic E-state index is 4.54. The highest BCUT2D eigenvalue weighted by Gasteiger charge is 2.09. The number of rotatable bonds is 2. The van der Waals surface area contributed by atoms with E-state index in [0.717, 1.165) is 0 Å². The molecule has 0 aromatic heterocycles. The van der Waals surface area contributed by atoms with Gasteiger partial charge in [-0.1, -0.05) is 48.5 Å². The molecule has 0 aliphatic heterocycles. The first-order valence-corrected chi connectivity index (χ1v) is 6.05. The first-order valence-electron chi connectivity index (χ1n) is 5.53. The topological polar surface area (TPSA) is 0 Å². The molecule has 2 aromatic rings. The van der Waals surface area contributed by atoms with Crippen LogP contribution in [0.15, 0.2) is 48.5 Å². The van der Waals surface area contributed by atoms with E-state index in [9.17, 15) is 0 Å². The van der Waals surface area contributed by atoms with E-state index in [2.05, 4.69) is 75.0 Å². The Morgan fingerprint density at radius 3 is 2.06 bits per heavy atom. The number of hydrogen-bond acceptors (Lipinski definition) is 1. The molecule has 0 nitrogen and oxygen atoms in total. The third-order valence-corrected chi connectivity index (χ3v) is 3.12. The smallest absolute Gasteiger partial charge is 0.0245 e. The first-order chi connectivity index (χ1) is 7.70. The molecule has 0 fully saturated rings. The van der Waals surface area contributed by atoms with E-state index < -0.39 is 0 Å². The molecule has 82 valence electrons. The standard InChI is InChI=1S/C15H16S/c1-11-7-3-4-8-13(11)15-10-6-5-9-14(15)12(2)16/h3-10,12,16H,1-2H3. The zero-order valence-corrected chi connectivity index (χ0v) is 10.5. The third-order valence-electron chi connectivity index (χ3n) is 2.85. The second-order valence-corrected chi connectivity index (χ2v) is 4.85. The van der Waals surface area contributed by atoms with Crippen molar-refractivity contribution in [2.45, 2.75) is 19.1 Å². The fourth-order valence-electron chi connectivity index (χ4n) is 1.98. The lowest BCUT2D eigenvalue weighted by molar-refractivity contribution is 1.11. The van der Waals surface area contributed by atoms with Crippen LogP contribution in [0.3, 0.4) is 0 Å². The average molecular weight is 228 g/mol. The Hall–Kier alpha value is -1.21. The van der Waals surface area contributed by atoms with Crippen LogP contribution in [0.4, 0.5) is 0 Å². The maximum Gasteiger partial charge on any atom is 0.0245 e. The van der Waals surface area contributed by atoms with Crippen LogP contribution in [-0.2, 0) is 0 Å². The van der Waals surface area contributed by atoms with Gasteiger partial charge in [0.15, 0.2) is 0 Å². The molecule has 1 heteroatoms. The fraction of sp³-hybridized carbons (Fsp3) is 0.200. The Bertz CT molecular complexity index is 486. The average Bonchev–Trinajstić information content (AvgIpc) is 2.29. The molecular formula is C15H16S. The molecule has 0 aliphatic rings. The minimum Gasteiger partial charge on any atom is -0.171 e. The summed E-state index contributed by atoms with van der Waals surface area (Å²) in [6, 6.07) is 17.0. The van der Waals surface area contributed by atoms with Crippen molar-refractivity contribution >= 4 is 12.6 Å². The van der Waals surface area contributed by atoms with Crippen molar-refractivity contribution in [3.63, 3.8) is 0 Å². The summed E-state index contributed by atoms with van der Waals surface area (Å²) in [6.07, 6.45) is 0. The van der Waals surface area contributed by atoms with Gasteiger partial charge in [-0.3, -0.25) is 0 Å². The minimum atomic E-state index is 0.260. The van der Waals surface area contributed by atoms with Gasteiger partial charge in [0, 0.05) is 5.25 Å². The summed E-state index contributed by atoms with van der Waals surface area (Å²) < 4.78 is 0. The van der Waals surface area contributed by atoms with Gasteiger partial charge >= 0.3 is 0 Å². The molecular weight excluding hydrogens is 212 g/mol. The summed E-state index contributed by atoms with van der Waals surface area (Å²) in [6.45, 7) is 4.26. The van der Waals surface area contributed by atoms with Crippen LogP contribution in [0.1, 0.15) is 23.3 Å². The van der Waals surface area contributed by atoms with Crippen LogP contribution in [-0.4, -0.2) is 0 Å². The largest absolute Gasteiger partial charge is 0.171 e. The lowest BCUT2D eigenvalue weighted by Crippen LogP contribution is -1.91. The Labute approximate surface area is 103 Å². The lowest BCUT2D eigenvalue weighted by atomic mass is 9.95. The monoisotopic (exact) mass is 228 g/mol. The van der Waals surface area contributed by atoms with Crippen molar-refractivity contribution in [1.82, 2.24) is 0 Å². The number of aryl methyl sites for hydroxylation is 1. The second-order valence-electron chi connectivity index (χ2n) is 4.08. The minimum absolute atomic E-state index is 0.260.